The number of hydrogen-bond acceptors (Lipinski definition) is 7. The Morgan fingerprint density at radius 2 is 1.96 bits per heavy atom. The molecule has 2 aromatic heterocycles. The summed E-state index contributed by atoms with van der Waals surface area (Å²) in [5.74, 6) is 1.22. The highest BCUT2D eigenvalue weighted by Crippen LogP contribution is 2.13. The lowest BCUT2D eigenvalue weighted by molar-refractivity contribution is -0.689. The standard InChI is InChI=1S/C12H17N4OS.H2O4S/c1-8-11(3-4-17)18-7-16(8)6-10-5-14-9(2)15-12(10)13;1-5(2,3)4/h5,7,17H,3-4,6H2,1-2H3,(H2,13,14,15);(H2,1,2,3,4)/q+1;. The minimum atomic E-state index is -4.67. The minimum absolute atomic E-state index is 0.178. The summed E-state index contributed by atoms with van der Waals surface area (Å²) in [6, 6.07) is 0. The third kappa shape index (κ3) is 6.97. The van der Waals surface area contributed by atoms with Crippen LogP contribution in [0.2, 0.25) is 0 Å². The molecule has 0 spiro atoms. The molecule has 0 saturated carbocycles. The fourth-order valence-electron chi connectivity index (χ4n) is 1.77. The first-order valence-electron chi connectivity index (χ1n) is 6.47. The molecule has 0 amide bonds. The van der Waals surface area contributed by atoms with Gasteiger partial charge in [0.25, 0.3) is 0 Å². The van der Waals surface area contributed by atoms with Gasteiger partial charge in [-0.3, -0.25) is 9.11 Å². The van der Waals surface area contributed by atoms with Crippen molar-refractivity contribution in [2.75, 3.05) is 12.3 Å². The molecule has 23 heavy (non-hydrogen) atoms. The Hall–Kier alpha value is -1.66. The van der Waals surface area contributed by atoms with Gasteiger partial charge < -0.3 is 10.8 Å². The van der Waals surface area contributed by atoms with Crippen molar-refractivity contribution in [2.45, 2.75) is 26.8 Å². The molecule has 0 unspecified atom stereocenters. The van der Waals surface area contributed by atoms with E-state index in [1.807, 2.05) is 19.4 Å². The van der Waals surface area contributed by atoms with Crippen molar-refractivity contribution in [1.29, 1.82) is 0 Å². The molecule has 9 nitrogen and oxygen atoms in total. The first-order valence-corrected chi connectivity index (χ1v) is 8.74. The highest BCUT2D eigenvalue weighted by Gasteiger charge is 2.16. The smallest absolute Gasteiger partial charge is 0.394 e. The molecule has 2 rings (SSSR count). The molecule has 0 atom stereocenters. The molecule has 5 N–H and O–H groups in total. The molecule has 0 aliphatic rings. The number of nitrogens with two attached hydrogens (primary N) is 1. The molecule has 0 bridgehead atoms. The lowest BCUT2D eigenvalue weighted by Crippen LogP contribution is -2.35. The normalized spacial score (nSPS) is 11.0. The number of aliphatic hydroxyl groups excluding tert-OH is 1. The van der Waals surface area contributed by atoms with Crippen molar-refractivity contribution in [3.8, 4) is 0 Å². The number of nitrogens with zero attached hydrogens (tertiary/aromatic N) is 3. The molecule has 2 aromatic rings. The second-order valence-electron chi connectivity index (χ2n) is 4.61. The third-order valence-corrected chi connectivity index (χ3v) is 4.00. The van der Waals surface area contributed by atoms with Crippen LogP contribution in [0, 0.1) is 13.8 Å². The van der Waals surface area contributed by atoms with Crippen molar-refractivity contribution in [1.82, 2.24) is 9.97 Å². The first-order chi connectivity index (χ1) is 10.6. The van der Waals surface area contributed by atoms with Gasteiger partial charge in [0, 0.05) is 26.1 Å². The number of rotatable bonds is 4. The maximum atomic E-state index is 8.98. The van der Waals surface area contributed by atoms with Gasteiger partial charge in [-0.1, -0.05) is 11.3 Å². The van der Waals surface area contributed by atoms with Gasteiger partial charge >= 0.3 is 10.4 Å². The number of anilines is 1. The molecule has 0 saturated heterocycles. The number of thiazole rings is 1. The molecule has 0 radical (unpaired) electrons. The van der Waals surface area contributed by atoms with Gasteiger partial charge in [0.15, 0.2) is 12.2 Å². The van der Waals surface area contributed by atoms with E-state index in [1.54, 1.807) is 17.5 Å². The maximum absolute atomic E-state index is 8.98. The van der Waals surface area contributed by atoms with E-state index in [9.17, 15) is 0 Å². The van der Waals surface area contributed by atoms with E-state index >= 15 is 0 Å². The summed E-state index contributed by atoms with van der Waals surface area (Å²) in [5, 5.41) is 8.98. The predicted molar refractivity (Wildman–Crippen MR) is 84.5 cm³/mol. The summed E-state index contributed by atoms with van der Waals surface area (Å²) in [4.78, 5) is 9.53. The maximum Gasteiger partial charge on any atom is 0.394 e. The average Bonchev–Trinajstić information content (AvgIpc) is 2.73. The second kappa shape index (κ2) is 8.26. The van der Waals surface area contributed by atoms with Crippen LogP contribution in [-0.2, 0) is 23.4 Å². The zero-order chi connectivity index (χ0) is 17.6. The van der Waals surface area contributed by atoms with E-state index < -0.39 is 10.4 Å². The fourth-order valence-corrected chi connectivity index (χ4v) is 2.75. The second-order valence-corrected chi connectivity index (χ2v) is 6.44. The van der Waals surface area contributed by atoms with E-state index in [2.05, 4.69) is 14.5 Å². The van der Waals surface area contributed by atoms with Crippen LogP contribution in [0.1, 0.15) is 22.0 Å². The van der Waals surface area contributed by atoms with Gasteiger partial charge in [0.05, 0.1) is 10.4 Å². The third-order valence-electron chi connectivity index (χ3n) is 2.85. The van der Waals surface area contributed by atoms with Crippen LogP contribution in [0.25, 0.3) is 0 Å². The van der Waals surface area contributed by atoms with Gasteiger partial charge in [-0.15, -0.1) is 0 Å². The monoisotopic (exact) mass is 363 g/mol. The van der Waals surface area contributed by atoms with Gasteiger partial charge in [-0.25, -0.2) is 9.97 Å². The zero-order valence-corrected chi connectivity index (χ0v) is 14.3. The van der Waals surface area contributed by atoms with E-state index in [1.165, 1.54) is 4.88 Å². The SMILES string of the molecule is Cc1ncc(C[n+]2csc(CCO)c2C)c(N)n1.O=S(=O)(O)O. The van der Waals surface area contributed by atoms with Crippen LogP contribution in [0.15, 0.2) is 11.7 Å². The molecule has 0 fully saturated rings. The Bertz CT molecular complexity index is 753. The summed E-state index contributed by atoms with van der Waals surface area (Å²) < 4.78 is 33.7. The highest BCUT2D eigenvalue weighted by atomic mass is 32.3. The molecule has 0 aromatic carbocycles. The topological polar surface area (TPSA) is 151 Å². The summed E-state index contributed by atoms with van der Waals surface area (Å²) >= 11 is 1.65. The van der Waals surface area contributed by atoms with Crippen LogP contribution in [-0.4, -0.2) is 39.2 Å². The summed E-state index contributed by atoms with van der Waals surface area (Å²) in [7, 11) is -4.67. The molecule has 0 aliphatic carbocycles. The van der Waals surface area contributed by atoms with Gasteiger partial charge in [0.2, 0.25) is 5.51 Å². The predicted octanol–water partition coefficient (Wildman–Crippen LogP) is -0.0451. The number of aromatic nitrogens is 3. The van der Waals surface area contributed by atoms with E-state index in [0.717, 1.165) is 11.3 Å². The van der Waals surface area contributed by atoms with E-state index in [0.29, 0.717) is 24.6 Å². The summed E-state index contributed by atoms with van der Waals surface area (Å²) in [6.45, 7) is 4.71. The van der Waals surface area contributed by atoms with Crippen molar-refractivity contribution in [2.24, 2.45) is 0 Å². The minimum Gasteiger partial charge on any atom is -0.396 e. The average molecular weight is 363 g/mol. The molecule has 128 valence electrons. The Balaban J connectivity index is 0.000000463. The van der Waals surface area contributed by atoms with Crippen molar-refractivity contribution < 1.29 is 27.2 Å². The van der Waals surface area contributed by atoms with Gasteiger partial charge in [-0.05, 0) is 6.92 Å². The van der Waals surface area contributed by atoms with Crippen LogP contribution in [0.4, 0.5) is 5.82 Å². The van der Waals surface area contributed by atoms with Crippen molar-refractivity contribution >= 4 is 27.6 Å². The first kappa shape index (κ1) is 19.4. The largest absolute Gasteiger partial charge is 0.396 e. The summed E-state index contributed by atoms with van der Waals surface area (Å²) in [6.07, 6.45) is 2.47. The van der Waals surface area contributed by atoms with Crippen molar-refractivity contribution in [3.05, 3.63) is 33.7 Å². The van der Waals surface area contributed by atoms with Gasteiger partial charge in [0.1, 0.15) is 11.6 Å². The Labute approximate surface area is 138 Å². The Morgan fingerprint density at radius 1 is 1.35 bits per heavy atom. The Morgan fingerprint density at radius 3 is 2.48 bits per heavy atom. The molecular formula is C12H19N4O5S2+. The molecule has 0 aliphatic heterocycles. The zero-order valence-electron chi connectivity index (χ0n) is 12.7. The number of aliphatic hydroxyl groups is 1. The van der Waals surface area contributed by atoms with Crippen LogP contribution < -0.4 is 10.3 Å². The lowest BCUT2D eigenvalue weighted by atomic mass is 10.2. The summed E-state index contributed by atoms with van der Waals surface area (Å²) in [5.41, 5.74) is 10.0. The number of aryl methyl sites for hydroxylation is 1. The van der Waals surface area contributed by atoms with Crippen molar-refractivity contribution in [3.63, 3.8) is 0 Å². The quantitative estimate of drug-likeness (QED) is 0.436. The van der Waals surface area contributed by atoms with Crippen LogP contribution in [0.5, 0.6) is 0 Å². The molecule has 2 heterocycles. The number of hydrogen-bond donors (Lipinski definition) is 4. The number of nitrogen functional groups attached to an aromatic ring is 1. The van der Waals surface area contributed by atoms with Crippen LogP contribution in [0.3, 0.4) is 0 Å². The highest BCUT2D eigenvalue weighted by molar-refractivity contribution is 7.79. The Kier molecular flexibility index (Phi) is 6.97. The van der Waals surface area contributed by atoms with E-state index in [4.69, 9.17) is 28.4 Å². The lowest BCUT2D eigenvalue weighted by Gasteiger charge is -2.01. The van der Waals surface area contributed by atoms with E-state index in [-0.39, 0.29) is 6.61 Å². The van der Waals surface area contributed by atoms with Crippen LogP contribution >= 0.6 is 11.3 Å². The fraction of sp³-hybridized carbons (Fsp3) is 0.417. The van der Waals surface area contributed by atoms with Gasteiger partial charge in [-0.2, -0.15) is 13.0 Å². The molecular weight excluding hydrogens is 344 g/mol. The molecule has 11 heteroatoms.